The summed E-state index contributed by atoms with van der Waals surface area (Å²) < 4.78 is 12.9. The molecule has 0 aliphatic rings. The van der Waals surface area contributed by atoms with E-state index in [0.29, 0.717) is 12.1 Å². The first-order valence-electron chi connectivity index (χ1n) is 6.29. The molecular weight excluding hydrogens is 241 g/mol. The van der Waals surface area contributed by atoms with Crippen LogP contribution in [0.15, 0.2) is 36.5 Å². The highest BCUT2D eigenvalue weighted by Gasteiger charge is 2.26. The molecule has 1 heterocycles. The van der Waals surface area contributed by atoms with Gasteiger partial charge in [0.1, 0.15) is 11.4 Å². The van der Waals surface area contributed by atoms with Gasteiger partial charge in [0.15, 0.2) is 0 Å². The molecule has 2 aromatic rings. The third-order valence-electron chi connectivity index (χ3n) is 3.44. The molecule has 1 atom stereocenters. The maximum atomic E-state index is 12.9. The topological polar surface area (TPSA) is 33.1 Å². The average Bonchev–Trinajstić information content (AvgIpc) is 2.35. The Labute approximate surface area is 112 Å². The lowest BCUT2D eigenvalue weighted by Crippen LogP contribution is -2.26. The van der Waals surface area contributed by atoms with Gasteiger partial charge in [-0.25, -0.2) is 4.39 Å². The summed E-state index contributed by atoms with van der Waals surface area (Å²) in [6.45, 7) is 5.76. The fourth-order valence-electron chi connectivity index (χ4n) is 2.26. The molecule has 100 valence electrons. The van der Waals surface area contributed by atoms with Gasteiger partial charge in [-0.05, 0) is 49.6 Å². The quantitative estimate of drug-likeness (QED) is 0.917. The lowest BCUT2D eigenvalue weighted by molar-refractivity contribution is 0.0526. The molecule has 2 nitrogen and oxygen atoms in total. The smallest absolute Gasteiger partial charge is 0.141 e. The van der Waals surface area contributed by atoms with Gasteiger partial charge in [0.05, 0.1) is 11.9 Å². The van der Waals surface area contributed by atoms with Crippen LogP contribution in [0.4, 0.5) is 4.39 Å². The molecule has 1 aromatic carbocycles. The van der Waals surface area contributed by atoms with E-state index in [-0.39, 0.29) is 0 Å². The highest BCUT2D eigenvalue weighted by atomic mass is 19.1. The van der Waals surface area contributed by atoms with E-state index in [1.807, 2.05) is 32.0 Å². The van der Waals surface area contributed by atoms with E-state index in [4.69, 9.17) is 0 Å². The zero-order valence-electron chi connectivity index (χ0n) is 11.4. The van der Waals surface area contributed by atoms with Crippen molar-refractivity contribution in [3.8, 4) is 0 Å². The number of nitrogens with zero attached hydrogens (tertiary/aromatic N) is 1. The Morgan fingerprint density at radius 3 is 2.32 bits per heavy atom. The number of rotatable bonds is 3. The summed E-state index contributed by atoms with van der Waals surface area (Å²) in [7, 11) is 0. The summed E-state index contributed by atoms with van der Waals surface area (Å²) in [6, 6.07) is 8.90. The number of aliphatic hydroxyl groups is 1. The Bertz CT molecular complexity index is 556. The van der Waals surface area contributed by atoms with Crippen LogP contribution in [0.25, 0.3) is 0 Å². The molecule has 0 aliphatic heterocycles. The summed E-state index contributed by atoms with van der Waals surface area (Å²) >= 11 is 0. The van der Waals surface area contributed by atoms with Crippen LogP contribution in [0, 0.1) is 19.7 Å². The van der Waals surface area contributed by atoms with Crippen molar-refractivity contribution in [1.82, 2.24) is 4.98 Å². The van der Waals surface area contributed by atoms with Crippen molar-refractivity contribution in [2.24, 2.45) is 0 Å². The second-order valence-electron chi connectivity index (χ2n) is 5.18. The first-order valence-corrected chi connectivity index (χ1v) is 6.29. The van der Waals surface area contributed by atoms with Gasteiger partial charge in [-0.3, -0.25) is 4.98 Å². The lowest BCUT2D eigenvalue weighted by atomic mass is 9.88. The van der Waals surface area contributed by atoms with E-state index in [1.165, 1.54) is 12.1 Å². The van der Waals surface area contributed by atoms with Gasteiger partial charge < -0.3 is 5.11 Å². The molecule has 1 unspecified atom stereocenters. The summed E-state index contributed by atoms with van der Waals surface area (Å²) in [5.74, 6) is -0.397. The Morgan fingerprint density at radius 1 is 1.16 bits per heavy atom. The van der Waals surface area contributed by atoms with Crippen LogP contribution in [0.3, 0.4) is 0 Å². The summed E-state index contributed by atoms with van der Waals surface area (Å²) in [4.78, 5) is 3.98. The fourth-order valence-corrected chi connectivity index (χ4v) is 2.26. The van der Waals surface area contributed by atoms with Gasteiger partial charge in [-0.1, -0.05) is 18.2 Å². The Kier molecular flexibility index (Phi) is 3.67. The molecule has 1 aromatic heterocycles. The molecule has 3 heteroatoms. The van der Waals surface area contributed by atoms with Crippen LogP contribution in [0.5, 0.6) is 0 Å². The van der Waals surface area contributed by atoms with E-state index in [0.717, 1.165) is 22.9 Å². The standard InChI is InChI=1S/C16H18FNO/c1-11-5-4-6-12(2)14(11)9-16(3,19)15-8-7-13(17)10-18-15/h4-8,10,19H,9H2,1-3H3. The molecule has 0 saturated carbocycles. The molecule has 19 heavy (non-hydrogen) atoms. The highest BCUT2D eigenvalue weighted by Crippen LogP contribution is 2.27. The van der Waals surface area contributed by atoms with Gasteiger partial charge in [-0.2, -0.15) is 0 Å². The second kappa shape index (κ2) is 5.10. The average molecular weight is 259 g/mol. The third-order valence-corrected chi connectivity index (χ3v) is 3.44. The first-order chi connectivity index (χ1) is 8.90. The van der Waals surface area contributed by atoms with Crippen LogP contribution in [-0.2, 0) is 12.0 Å². The highest BCUT2D eigenvalue weighted by molar-refractivity contribution is 5.35. The maximum Gasteiger partial charge on any atom is 0.141 e. The van der Waals surface area contributed by atoms with E-state index >= 15 is 0 Å². The number of benzene rings is 1. The minimum absolute atomic E-state index is 0.397. The van der Waals surface area contributed by atoms with E-state index in [1.54, 1.807) is 6.92 Å². The summed E-state index contributed by atoms with van der Waals surface area (Å²) in [5.41, 5.74) is 2.77. The number of aryl methyl sites for hydroxylation is 2. The number of hydrogen-bond donors (Lipinski definition) is 1. The number of halogens is 1. The van der Waals surface area contributed by atoms with Crippen molar-refractivity contribution < 1.29 is 9.50 Å². The van der Waals surface area contributed by atoms with E-state index in [9.17, 15) is 9.50 Å². The van der Waals surface area contributed by atoms with Crippen molar-refractivity contribution in [2.75, 3.05) is 0 Å². The monoisotopic (exact) mass is 259 g/mol. The molecule has 0 fully saturated rings. The van der Waals surface area contributed by atoms with E-state index < -0.39 is 11.4 Å². The van der Waals surface area contributed by atoms with Crippen molar-refractivity contribution in [3.63, 3.8) is 0 Å². The van der Waals surface area contributed by atoms with Crippen molar-refractivity contribution in [3.05, 3.63) is 64.7 Å². The number of aromatic nitrogens is 1. The zero-order valence-corrected chi connectivity index (χ0v) is 11.4. The largest absolute Gasteiger partial charge is 0.383 e. The third kappa shape index (κ3) is 2.99. The molecule has 1 N–H and O–H groups in total. The SMILES string of the molecule is Cc1cccc(C)c1CC(C)(O)c1ccc(F)cn1. The zero-order chi connectivity index (χ0) is 14.0. The predicted molar refractivity (Wildman–Crippen MR) is 73.4 cm³/mol. The van der Waals surface area contributed by atoms with Gasteiger partial charge in [0, 0.05) is 6.42 Å². The van der Waals surface area contributed by atoms with Gasteiger partial charge in [0.25, 0.3) is 0 Å². The predicted octanol–water partition coefficient (Wildman–Crippen LogP) is 3.29. The van der Waals surface area contributed by atoms with Crippen LogP contribution >= 0.6 is 0 Å². The molecule has 2 rings (SSSR count). The Hall–Kier alpha value is -1.74. The summed E-state index contributed by atoms with van der Waals surface area (Å²) in [5, 5.41) is 10.6. The van der Waals surface area contributed by atoms with Gasteiger partial charge >= 0.3 is 0 Å². The molecule has 0 radical (unpaired) electrons. The summed E-state index contributed by atoms with van der Waals surface area (Å²) in [6.07, 6.45) is 1.60. The minimum atomic E-state index is -1.11. The number of pyridine rings is 1. The molecule has 0 amide bonds. The van der Waals surface area contributed by atoms with Crippen molar-refractivity contribution in [1.29, 1.82) is 0 Å². The first kappa shape index (κ1) is 13.7. The molecule has 0 aliphatic carbocycles. The second-order valence-corrected chi connectivity index (χ2v) is 5.18. The van der Waals surface area contributed by atoms with Crippen LogP contribution < -0.4 is 0 Å². The van der Waals surface area contributed by atoms with Gasteiger partial charge in [-0.15, -0.1) is 0 Å². The van der Waals surface area contributed by atoms with Crippen molar-refractivity contribution >= 4 is 0 Å². The fraction of sp³-hybridized carbons (Fsp3) is 0.312. The molecule has 0 spiro atoms. The normalized spacial score (nSPS) is 14.2. The molecular formula is C16H18FNO. The Morgan fingerprint density at radius 2 is 1.79 bits per heavy atom. The molecule has 0 bridgehead atoms. The van der Waals surface area contributed by atoms with Gasteiger partial charge in [0.2, 0.25) is 0 Å². The van der Waals surface area contributed by atoms with Crippen LogP contribution in [0.2, 0.25) is 0 Å². The van der Waals surface area contributed by atoms with Crippen LogP contribution in [0.1, 0.15) is 29.3 Å². The van der Waals surface area contributed by atoms with E-state index in [2.05, 4.69) is 4.98 Å². The lowest BCUT2D eigenvalue weighted by Gasteiger charge is -2.24. The molecule has 0 saturated heterocycles. The van der Waals surface area contributed by atoms with Crippen molar-refractivity contribution in [2.45, 2.75) is 32.8 Å². The van der Waals surface area contributed by atoms with Crippen LogP contribution in [-0.4, -0.2) is 10.1 Å². The maximum absolute atomic E-state index is 12.9. The Balaban J connectivity index is 2.33. The number of hydrogen-bond acceptors (Lipinski definition) is 2. The minimum Gasteiger partial charge on any atom is -0.383 e.